The number of para-hydroxylation sites is 1. The number of carbonyl (C=O) groups is 1. The summed E-state index contributed by atoms with van der Waals surface area (Å²) >= 11 is 0. The van der Waals surface area contributed by atoms with Crippen LogP contribution in [-0.4, -0.2) is 31.8 Å². The Balaban J connectivity index is 2.27. The van der Waals surface area contributed by atoms with Crippen molar-refractivity contribution in [1.29, 1.82) is 0 Å². The van der Waals surface area contributed by atoms with Gasteiger partial charge >= 0.3 is 0 Å². The average Bonchev–Trinajstić information content (AvgIpc) is 2.68. The molecule has 5 nitrogen and oxygen atoms in total. The monoisotopic (exact) mass is 278 g/mol. The molecule has 1 aromatic carbocycles. The first-order chi connectivity index (χ1) is 9.44. The van der Waals surface area contributed by atoms with E-state index in [1.165, 1.54) is 0 Å². The molecule has 0 aliphatic carbocycles. The van der Waals surface area contributed by atoms with E-state index < -0.39 is 11.9 Å². The molecule has 1 unspecified atom stereocenters. The molecule has 1 aliphatic heterocycles. The number of amides is 1. The van der Waals surface area contributed by atoms with Crippen LogP contribution in [-0.2, 0) is 16.0 Å². The van der Waals surface area contributed by atoms with E-state index in [-0.39, 0.29) is 5.60 Å². The summed E-state index contributed by atoms with van der Waals surface area (Å²) in [5.74, 6) is 0.369. The van der Waals surface area contributed by atoms with Gasteiger partial charge in [-0.2, -0.15) is 0 Å². The van der Waals surface area contributed by atoms with Gasteiger partial charge in [-0.05, 0) is 19.4 Å². The molecule has 0 aromatic heterocycles. The fourth-order valence-electron chi connectivity index (χ4n) is 2.54. The van der Waals surface area contributed by atoms with E-state index in [1.807, 2.05) is 32.0 Å². The van der Waals surface area contributed by atoms with E-state index in [0.717, 1.165) is 23.3 Å². The molecule has 0 bridgehead atoms. The molecule has 0 radical (unpaired) electrons. The second kappa shape index (κ2) is 5.81. The van der Waals surface area contributed by atoms with E-state index in [1.54, 1.807) is 7.11 Å². The highest BCUT2D eigenvalue weighted by atomic mass is 16.5. The smallest absolute Gasteiger partial charge is 0.239 e. The summed E-state index contributed by atoms with van der Waals surface area (Å²) in [5.41, 5.74) is 7.19. The highest BCUT2D eigenvalue weighted by Crippen LogP contribution is 2.39. The van der Waals surface area contributed by atoms with Crippen LogP contribution in [0.15, 0.2) is 18.2 Å². The van der Waals surface area contributed by atoms with Crippen LogP contribution in [0.5, 0.6) is 5.75 Å². The van der Waals surface area contributed by atoms with E-state index in [9.17, 15) is 4.79 Å². The van der Waals surface area contributed by atoms with Gasteiger partial charge in [-0.3, -0.25) is 10.1 Å². The quantitative estimate of drug-likeness (QED) is 0.766. The average molecular weight is 278 g/mol. The van der Waals surface area contributed by atoms with Crippen molar-refractivity contribution >= 4 is 5.91 Å². The Bertz CT molecular complexity index is 500. The molecule has 1 amide bonds. The summed E-state index contributed by atoms with van der Waals surface area (Å²) < 4.78 is 11.0. The molecule has 5 heteroatoms. The number of nitrogens with one attached hydrogen (secondary N) is 1. The Kier molecular flexibility index (Phi) is 4.30. The zero-order valence-corrected chi connectivity index (χ0v) is 12.2. The predicted octanol–water partition coefficient (Wildman–Crippen LogP) is 1.16. The summed E-state index contributed by atoms with van der Waals surface area (Å²) in [6.07, 6.45) is 0.833. The van der Waals surface area contributed by atoms with Gasteiger partial charge < -0.3 is 15.2 Å². The molecule has 1 aromatic rings. The lowest BCUT2D eigenvalue weighted by molar-refractivity contribution is -0.120. The largest absolute Gasteiger partial charge is 0.487 e. The van der Waals surface area contributed by atoms with Crippen molar-refractivity contribution in [3.8, 4) is 5.75 Å². The molecule has 0 saturated carbocycles. The van der Waals surface area contributed by atoms with Crippen molar-refractivity contribution in [2.45, 2.75) is 31.9 Å². The summed E-state index contributed by atoms with van der Waals surface area (Å²) in [5, 5.41) is 3.11. The number of hydrogen-bond donors (Lipinski definition) is 2. The van der Waals surface area contributed by atoms with Gasteiger partial charge in [0.1, 0.15) is 17.4 Å². The van der Waals surface area contributed by atoms with Crippen LogP contribution in [0.1, 0.15) is 31.0 Å². The first kappa shape index (κ1) is 14.8. The van der Waals surface area contributed by atoms with Gasteiger partial charge in [0.15, 0.2) is 0 Å². The first-order valence-electron chi connectivity index (χ1n) is 6.77. The standard InChI is InChI=1S/C15H22N2O3/c1-15(2)9-10-5-4-6-11(13(10)20-15)12(14(16)18)17-7-8-19-3/h4-6,12,17H,7-9H2,1-3H3,(H2,16,18). The summed E-state index contributed by atoms with van der Waals surface area (Å²) in [6.45, 7) is 5.14. The van der Waals surface area contributed by atoms with Crippen molar-refractivity contribution in [1.82, 2.24) is 5.32 Å². The van der Waals surface area contributed by atoms with Crippen LogP contribution in [0.2, 0.25) is 0 Å². The zero-order chi connectivity index (χ0) is 14.8. The minimum Gasteiger partial charge on any atom is -0.487 e. The lowest BCUT2D eigenvalue weighted by Gasteiger charge is -2.21. The van der Waals surface area contributed by atoms with Crippen molar-refractivity contribution in [3.63, 3.8) is 0 Å². The molecule has 110 valence electrons. The molecule has 1 atom stereocenters. The molecule has 20 heavy (non-hydrogen) atoms. The Labute approximate surface area is 119 Å². The molecule has 1 aliphatic rings. The number of hydrogen-bond acceptors (Lipinski definition) is 4. The minimum atomic E-state index is -0.561. The van der Waals surface area contributed by atoms with Crippen LogP contribution < -0.4 is 15.8 Å². The number of primary amides is 1. The zero-order valence-electron chi connectivity index (χ0n) is 12.2. The van der Waals surface area contributed by atoms with Crippen LogP contribution in [0.3, 0.4) is 0 Å². The SMILES string of the molecule is COCCNC(C(N)=O)c1cccc2c1OC(C)(C)C2. The van der Waals surface area contributed by atoms with E-state index >= 15 is 0 Å². The third kappa shape index (κ3) is 3.11. The van der Waals surface area contributed by atoms with Gasteiger partial charge in [0, 0.05) is 25.6 Å². The third-order valence-corrected chi connectivity index (χ3v) is 3.37. The number of carbonyl (C=O) groups excluding carboxylic acids is 1. The van der Waals surface area contributed by atoms with Gasteiger partial charge in [0.25, 0.3) is 0 Å². The lowest BCUT2D eigenvalue weighted by Crippen LogP contribution is -2.35. The molecule has 0 spiro atoms. The van der Waals surface area contributed by atoms with Gasteiger partial charge in [0.05, 0.1) is 6.61 Å². The maximum absolute atomic E-state index is 11.7. The molecule has 1 heterocycles. The lowest BCUT2D eigenvalue weighted by atomic mass is 9.98. The molecule has 0 fully saturated rings. The Morgan fingerprint density at radius 3 is 2.95 bits per heavy atom. The van der Waals surface area contributed by atoms with Crippen LogP contribution in [0.4, 0.5) is 0 Å². The molecule has 3 N–H and O–H groups in total. The number of methoxy groups -OCH3 is 1. The minimum absolute atomic E-state index is 0.243. The highest BCUT2D eigenvalue weighted by Gasteiger charge is 2.34. The van der Waals surface area contributed by atoms with Crippen LogP contribution >= 0.6 is 0 Å². The summed E-state index contributed by atoms with van der Waals surface area (Å²) in [6, 6.07) is 5.29. The normalized spacial score (nSPS) is 17.4. The second-order valence-electron chi connectivity index (χ2n) is 5.66. The second-order valence-corrected chi connectivity index (χ2v) is 5.66. The summed E-state index contributed by atoms with van der Waals surface area (Å²) in [7, 11) is 1.62. The fourth-order valence-corrected chi connectivity index (χ4v) is 2.54. The van der Waals surface area contributed by atoms with Crippen molar-refractivity contribution in [2.75, 3.05) is 20.3 Å². The van der Waals surface area contributed by atoms with Crippen molar-refractivity contribution in [2.24, 2.45) is 5.73 Å². The van der Waals surface area contributed by atoms with Crippen molar-refractivity contribution < 1.29 is 14.3 Å². The Morgan fingerprint density at radius 1 is 1.55 bits per heavy atom. The van der Waals surface area contributed by atoms with E-state index in [2.05, 4.69) is 5.32 Å². The Morgan fingerprint density at radius 2 is 2.30 bits per heavy atom. The van der Waals surface area contributed by atoms with Crippen molar-refractivity contribution in [3.05, 3.63) is 29.3 Å². The number of benzene rings is 1. The maximum atomic E-state index is 11.7. The fraction of sp³-hybridized carbons (Fsp3) is 0.533. The summed E-state index contributed by atoms with van der Waals surface area (Å²) in [4.78, 5) is 11.7. The van der Waals surface area contributed by atoms with Gasteiger partial charge in [-0.15, -0.1) is 0 Å². The predicted molar refractivity (Wildman–Crippen MR) is 76.7 cm³/mol. The Hall–Kier alpha value is -1.59. The van der Waals surface area contributed by atoms with Gasteiger partial charge in [0.2, 0.25) is 5.91 Å². The van der Waals surface area contributed by atoms with Gasteiger partial charge in [-0.25, -0.2) is 0 Å². The first-order valence-corrected chi connectivity index (χ1v) is 6.77. The number of fused-ring (bicyclic) bond motifs is 1. The molecular formula is C15H22N2O3. The van der Waals surface area contributed by atoms with Crippen LogP contribution in [0.25, 0.3) is 0 Å². The maximum Gasteiger partial charge on any atom is 0.239 e. The number of rotatable bonds is 6. The number of ether oxygens (including phenoxy) is 2. The topological polar surface area (TPSA) is 73.6 Å². The molecular weight excluding hydrogens is 256 g/mol. The van der Waals surface area contributed by atoms with E-state index in [4.69, 9.17) is 15.2 Å². The van der Waals surface area contributed by atoms with Gasteiger partial charge in [-0.1, -0.05) is 18.2 Å². The number of nitrogens with two attached hydrogens (primary N) is 1. The van der Waals surface area contributed by atoms with Crippen LogP contribution in [0, 0.1) is 0 Å². The molecule has 2 rings (SSSR count). The third-order valence-electron chi connectivity index (χ3n) is 3.37. The molecule has 0 saturated heterocycles. The highest BCUT2D eigenvalue weighted by molar-refractivity contribution is 5.82. The van der Waals surface area contributed by atoms with E-state index in [0.29, 0.717) is 13.2 Å².